The summed E-state index contributed by atoms with van der Waals surface area (Å²) in [6.45, 7) is 5.79. The van der Waals surface area contributed by atoms with E-state index in [1.165, 1.54) is 23.3 Å². The van der Waals surface area contributed by atoms with Crippen LogP contribution in [0.3, 0.4) is 0 Å². The van der Waals surface area contributed by atoms with E-state index in [9.17, 15) is 0 Å². The first-order chi connectivity index (χ1) is 12.3. The van der Waals surface area contributed by atoms with Crippen LogP contribution in [0, 0.1) is 0 Å². The second-order valence-corrected chi connectivity index (χ2v) is 7.27. The molecule has 0 aliphatic carbocycles. The van der Waals surface area contributed by atoms with Gasteiger partial charge in [0.2, 0.25) is 0 Å². The van der Waals surface area contributed by atoms with Crippen molar-refractivity contribution in [2.45, 2.75) is 39.3 Å². The van der Waals surface area contributed by atoms with E-state index in [2.05, 4.69) is 43.5 Å². The van der Waals surface area contributed by atoms with Gasteiger partial charge in [-0.1, -0.05) is 6.92 Å². The number of aromatic nitrogens is 2. The van der Waals surface area contributed by atoms with Crippen LogP contribution in [0.4, 0.5) is 5.82 Å². The molecule has 0 bridgehead atoms. The Morgan fingerprint density at radius 3 is 2.69 bits per heavy atom. The highest BCUT2D eigenvalue weighted by atomic mass is 127. The molecule has 1 aliphatic rings. The Morgan fingerprint density at radius 1 is 1.23 bits per heavy atom. The summed E-state index contributed by atoms with van der Waals surface area (Å²) >= 11 is 1.75. The predicted octanol–water partition coefficient (Wildman–Crippen LogP) is 3.18. The zero-order valence-corrected chi connectivity index (χ0v) is 18.5. The maximum Gasteiger partial charge on any atom is 0.191 e. The van der Waals surface area contributed by atoms with Crippen molar-refractivity contribution in [2.75, 3.05) is 25.0 Å². The van der Waals surface area contributed by atoms with E-state index < -0.39 is 0 Å². The number of hydrogen-bond acceptors (Lipinski definition) is 5. The first kappa shape index (κ1) is 20.9. The van der Waals surface area contributed by atoms with E-state index in [0.717, 1.165) is 42.8 Å². The van der Waals surface area contributed by atoms with Gasteiger partial charge in [0.05, 0.1) is 6.54 Å². The lowest BCUT2D eigenvalue weighted by molar-refractivity contribution is 0.803. The van der Waals surface area contributed by atoms with Gasteiger partial charge in [-0.15, -0.1) is 35.3 Å². The number of halogens is 1. The Bertz CT molecular complexity index is 711. The van der Waals surface area contributed by atoms with E-state index in [-0.39, 0.29) is 24.0 Å². The smallest absolute Gasteiger partial charge is 0.191 e. The predicted molar refractivity (Wildman–Crippen MR) is 120 cm³/mol. The van der Waals surface area contributed by atoms with Gasteiger partial charge in [0.25, 0.3) is 0 Å². The Balaban J connectivity index is 0.00000243. The number of rotatable bonds is 6. The molecule has 0 spiro atoms. The topological polar surface area (TPSA) is 65.4 Å². The van der Waals surface area contributed by atoms with Crippen LogP contribution in [0.25, 0.3) is 0 Å². The molecule has 2 N–H and O–H groups in total. The molecule has 0 radical (unpaired) electrons. The summed E-state index contributed by atoms with van der Waals surface area (Å²) in [5.74, 6) is 1.86. The Kier molecular flexibility index (Phi) is 8.56. The molecule has 0 amide bonds. The molecule has 1 saturated heterocycles. The minimum Gasteiger partial charge on any atom is -0.357 e. The van der Waals surface area contributed by atoms with Gasteiger partial charge in [-0.2, -0.15) is 0 Å². The Labute approximate surface area is 176 Å². The van der Waals surface area contributed by atoms with Crippen molar-refractivity contribution < 1.29 is 0 Å². The number of thiazole rings is 1. The molecule has 0 atom stereocenters. The van der Waals surface area contributed by atoms with Crippen molar-refractivity contribution in [1.82, 2.24) is 20.6 Å². The highest BCUT2D eigenvalue weighted by Crippen LogP contribution is 2.18. The lowest BCUT2D eigenvalue weighted by Gasteiger charge is -2.17. The number of aliphatic imine (C=N–C) groups is 1. The second-order valence-electron chi connectivity index (χ2n) is 6.07. The van der Waals surface area contributed by atoms with Gasteiger partial charge in [0.1, 0.15) is 10.8 Å². The van der Waals surface area contributed by atoms with Gasteiger partial charge in [-0.25, -0.2) is 9.97 Å². The first-order valence-corrected chi connectivity index (χ1v) is 9.68. The van der Waals surface area contributed by atoms with Crippen LogP contribution >= 0.6 is 35.3 Å². The van der Waals surface area contributed by atoms with E-state index >= 15 is 0 Å². The van der Waals surface area contributed by atoms with Gasteiger partial charge >= 0.3 is 0 Å². The lowest BCUT2D eigenvalue weighted by Crippen LogP contribution is -2.36. The number of guanidine groups is 1. The third-order valence-electron chi connectivity index (χ3n) is 4.28. The molecule has 142 valence electrons. The Morgan fingerprint density at radius 2 is 2.00 bits per heavy atom. The number of nitrogens with zero attached hydrogens (tertiary/aromatic N) is 4. The maximum absolute atomic E-state index is 4.50. The summed E-state index contributed by atoms with van der Waals surface area (Å²) < 4.78 is 0. The molecule has 1 aliphatic heterocycles. The zero-order chi connectivity index (χ0) is 17.5. The summed E-state index contributed by atoms with van der Waals surface area (Å²) in [7, 11) is 1.79. The van der Waals surface area contributed by atoms with Gasteiger partial charge in [0, 0.05) is 44.0 Å². The molecule has 0 unspecified atom stereocenters. The average molecular weight is 486 g/mol. The summed E-state index contributed by atoms with van der Waals surface area (Å²) in [4.78, 5) is 16.9. The monoisotopic (exact) mass is 486 g/mol. The number of pyridine rings is 1. The molecule has 1 fully saturated rings. The van der Waals surface area contributed by atoms with Crippen molar-refractivity contribution in [1.29, 1.82) is 0 Å². The maximum atomic E-state index is 4.50. The normalized spacial score (nSPS) is 14.2. The minimum absolute atomic E-state index is 0. The lowest BCUT2D eigenvalue weighted by atomic mass is 10.2. The van der Waals surface area contributed by atoms with Crippen LogP contribution in [0.15, 0.2) is 29.5 Å². The van der Waals surface area contributed by atoms with Crippen molar-refractivity contribution in [3.63, 3.8) is 0 Å². The highest BCUT2D eigenvalue weighted by molar-refractivity contribution is 14.0. The molecular formula is C18H27IN6S. The molecule has 2 aromatic rings. The third kappa shape index (κ3) is 5.80. The molecule has 8 heteroatoms. The molecule has 0 aromatic carbocycles. The van der Waals surface area contributed by atoms with Gasteiger partial charge in [-0.3, -0.25) is 4.99 Å². The van der Waals surface area contributed by atoms with Crippen LogP contribution in [-0.2, 0) is 19.5 Å². The number of aryl methyl sites for hydroxylation is 1. The summed E-state index contributed by atoms with van der Waals surface area (Å²) in [5.41, 5.74) is 1.21. The third-order valence-corrected chi connectivity index (χ3v) is 5.42. The summed E-state index contributed by atoms with van der Waals surface area (Å²) in [5, 5.41) is 7.77. The van der Waals surface area contributed by atoms with Crippen molar-refractivity contribution >= 4 is 47.1 Å². The fraction of sp³-hybridized carbons (Fsp3) is 0.500. The molecule has 2 aromatic heterocycles. The number of anilines is 1. The fourth-order valence-corrected chi connectivity index (χ4v) is 3.65. The minimum atomic E-state index is 0. The molecule has 3 heterocycles. The first-order valence-electron chi connectivity index (χ1n) is 8.86. The summed E-state index contributed by atoms with van der Waals surface area (Å²) in [6.07, 6.45) is 7.40. The quantitative estimate of drug-likeness (QED) is 0.373. The SMILES string of the molecule is CCc1cnc(CNC(=NC)NCc2ccnc(N3CCCC3)c2)s1.I. The number of hydrogen-bond donors (Lipinski definition) is 2. The van der Waals surface area contributed by atoms with E-state index in [1.807, 2.05) is 18.5 Å². The van der Waals surface area contributed by atoms with Crippen LogP contribution in [0.2, 0.25) is 0 Å². The molecule has 3 rings (SSSR count). The molecular weight excluding hydrogens is 459 g/mol. The van der Waals surface area contributed by atoms with Crippen LogP contribution < -0.4 is 15.5 Å². The highest BCUT2D eigenvalue weighted by Gasteiger charge is 2.13. The molecule has 26 heavy (non-hydrogen) atoms. The number of nitrogens with one attached hydrogen (secondary N) is 2. The fourth-order valence-electron chi connectivity index (χ4n) is 2.85. The van der Waals surface area contributed by atoms with Crippen molar-refractivity contribution in [3.05, 3.63) is 40.0 Å². The van der Waals surface area contributed by atoms with Crippen molar-refractivity contribution in [3.8, 4) is 0 Å². The molecule has 0 saturated carbocycles. The van der Waals surface area contributed by atoms with Crippen molar-refractivity contribution in [2.24, 2.45) is 4.99 Å². The van der Waals surface area contributed by atoms with Gasteiger partial charge < -0.3 is 15.5 Å². The Hall–Kier alpha value is -1.42. The largest absolute Gasteiger partial charge is 0.357 e. The van der Waals surface area contributed by atoms with Crippen LogP contribution in [-0.4, -0.2) is 36.1 Å². The van der Waals surface area contributed by atoms with Gasteiger partial charge in [-0.05, 0) is 37.0 Å². The van der Waals surface area contributed by atoms with E-state index in [4.69, 9.17) is 0 Å². The van der Waals surface area contributed by atoms with E-state index in [1.54, 1.807) is 18.4 Å². The van der Waals surface area contributed by atoms with E-state index in [0.29, 0.717) is 6.54 Å². The standard InChI is InChI=1S/C18H26N6S.HI/c1-3-15-12-21-17(25-15)13-23-18(19-2)22-11-14-6-7-20-16(10-14)24-8-4-5-9-24;/h6-7,10,12H,3-5,8-9,11,13H2,1-2H3,(H2,19,22,23);1H. The second kappa shape index (κ2) is 10.7. The van der Waals surface area contributed by atoms with Crippen LogP contribution in [0.1, 0.15) is 35.2 Å². The van der Waals surface area contributed by atoms with Crippen LogP contribution in [0.5, 0.6) is 0 Å². The average Bonchev–Trinajstić information content (AvgIpc) is 3.34. The van der Waals surface area contributed by atoms with Gasteiger partial charge in [0.15, 0.2) is 5.96 Å². The molecule has 6 nitrogen and oxygen atoms in total. The zero-order valence-electron chi connectivity index (χ0n) is 15.4. The summed E-state index contributed by atoms with van der Waals surface area (Å²) in [6, 6.07) is 4.22.